The predicted octanol–water partition coefficient (Wildman–Crippen LogP) is 9.78. The van der Waals surface area contributed by atoms with Crippen LogP contribution >= 0.6 is 0 Å². The molecule has 0 spiro atoms. The minimum atomic E-state index is -0.582. The maximum atomic E-state index is 12.9. The molecule has 2 unspecified atom stereocenters. The third-order valence-electron chi connectivity index (χ3n) is 10.9. The number of esters is 2. The summed E-state index contributed by atoms with van der Waals surface area (Å²) in [6.45, 7) is 21.0. The van der Waals surface area contributed by atoms with Gasteiger partial charge in [-0.15, -0.1) is 0 Å². The molecular weight excluding hydrogens is 773 g/mol. The van der Waals surface area contributed by atoms with E-state index in [1.54, 1.807) is 14.2 Å². The van der Waals surface area contributed by atoms with Crippen LogP contribution in [0.3, 0.4) is 0 Å². The zero-order chi connectivity index (χ0) is 45.1. The molecule has 0 aliphatic carbocycles. The summed E-state index contributed by atoms with van der Waals surface area (Å²) >= 11 is 0. The van der Waals surface area contributed by atoms with Crippen molar-refractivity contribution in [1.82, 2.24) is 0 Å². The van der Waals surface area contributed by atoms with Crippen molar-refractivity contribution in [3.63, 3.8) is 0 Å². The van der Waals surface area contributed by atoms with Crippen molar-refractivity contribution in [3.05, 3.63) is 117 Å². The van der Waals surface area contributed by atoms with E-state index in [0.29, 0.717) is 35.8 Å². The highest BCUT2D eigenvalue weighted by Crippen LogP contribution is 2.36. The van der Waals surface area contributed by atoms with E-state index in [1.807, 2.05) is 86.6 Å². The number of phenolic OH excluding ortho intramolecular Hbond substituents is 2. The molecule has 0 radical (unpaired) electrons. The molecule has 4 aromatic rings. The van der Waals surface area contributed by atoms with Gasteiger partial charge in [0.05, 0.1) is 13.2 Å². The number of aryl methyl sites for hydroxylation is 4. The van der Waals surface area contributed by atoms with Crippen LogP contribution in [0.25, 0.3) is 0 Å². The van der Waals surface area contributed by atoms with E-state index in [2.05, 4.69) is 55.4 Å². The lowest BCUT2D eigenvalue weighted by molar-refractivity contribution is -0.154. The Morgan fingerprint density at radius 1 is 0.541 bits per heavy atom. The lowest BCUT2D eigenvalue weighted by Gasteiger charge is -2.27. The second kappa shape index (κ2) is 21.1. The van der Waals surface area contributed by atoms with E-state index in [9.17, 15) is 19.8 Å². The molecule has 61 heavy (non-hydrogen) atoms. The Hall–Kier alpha value is -5.06. The van der Waals surface area contributed by atoms with Crippen molar-refractivity contribution < 1.29 is 48.2 Å². The van der Waals surface area contributed by atoms with Crippen LogP contribution in [-0.4, -0.2) is 75.0 Å². The SMILES string of the molecule is COCC(COc1ccc(C(C)(C)c2ccc(OCC(COC)OC(=O)CCc3cc(C)c(O)c(C(C)(C)C)c3)cc2)cc1)OC(=O)CCc1cc(C)c(O)c(C(C)(C)C)c1. The minimum absolute atomic E-state index is 0.138. The first kappa shape index (κ1) is 48.6. The summed E-state index contributed by atoms with van der Waals surface area (Å²) in [5.41, 5.74) is 6.59. The van der Waals surface area contributed by atoms with Gasteiger partial charge < -0.3 is 38.6 Å². The molecule has 332 valence electrons. The van der Waals surface area contributed by atoms with Crippen molar-refractivity contribution in [2.75, 3.05) is 40.6 Å². The molecule has 2 atom stereocenters. The summed E-state index contributed by atoms with van der Waals surface area (Å²) in [4.78, 5) is 25.8. The van der Waals surface area contributed by atoms with Crippen LogP contribution in [-0.2, 0) is 57.6 Å². The average Bonchev–Trinajstić information content (AvgIpc) is 3.19. The Labute approximate surface area is 363 Å². The fraction of sp³-hybridized carbons (Fsp3) is 0.490. The zero-order valence-corrected chi connectivity index (χ0v) is 38.4. The van der Waals surface area contributed by atoms with Gasteiger partial charge in [0, 0.05) is 32.5 Å². The van der Waals surface area contributed by atoms with Gasteiger partial charge in [-0.1, -0.05) is 104 Å². The number of benzene rings is 4. The molecule has 0 aromatic heterocycles. The molecule has 0 fully saturated rings. The largest absolute Gasteiger partial charge is 0.507 e. The summed E-state index contributed by atoms with van der Waals surface area (Å²) in [6.07, 6.45) is 0.202. The van der Waals surface area contributed by atoms with E-state index in [4.69, 9.17) is 28.4 Å². The maximum absolute atomic E-state index is 12.9. The fourth-order valence-corrected chi connectivity index (χ4v) is 7.21. The predicted molar refractivity (Wildman–Crippen MR) is 239 cm³/mol. The standard InChI is InChI=1S/C51H68O10/c1-33-25-35(27-43(47(33)54)49(3,4)5)13-23-45(52)60-41(29-56-11)31-58-39-19-15-37(16-20-39)51(9,10)38-17-21-40(22-18-38)59-32-42(30-57-12)61-46(53)24-14-36-26-34(2)48(55)44(28-36)50(6,7)8/h15-22,25-28,41-42,54-55H,13-14,23-24,29-32H2,1-12H3. The topological polar surface area (TPSA) is 130 Å². The summed E-state index contributed by atoms with van der Waals surface area (Å²) < 4.78 is 34.3. The Balaban J connectivity index is 1.27. The van der Waals surface area contributed by atoms with Crippen molar-refractivity contribution in [3.8, 4) is 23.0 Å². The normalized spacial score (nSPS) is 13.0. The number of methoxy groups -OCH3 is 2. The number of carbonyl (C=O) groups is 2. The number of carbonyl (C=O) groups excluding carboxylic acids is 2. The first-order valence-electron chi connectivity index (χ1n) is 21.1. The van der Waals surface area contributed by atoms with Gasteiger partial charge in [-0.2, -0.15) is 0 Å². The molecule has 0 saturated heterocycles. The van der Waals surface area contributed by atoms with Crippen LogP contribution in [0.2, 0.25) is 0 Å². The van der Waals surface area contributed by atoms with Crippen molar-refractivity contribution >= 4 is 11.9 Å². The molecule has 0 saturated carbocycles. The van der Waals surface area contributed by atoms with E-state index < -0.39 is 12.2 Å². The molecule has 0 aliphatic rings. The number of ether oxygens (including phenoxy) is 6. The molecular formula is C51H68O10. The fourth-order valence-electron chi connectivity index (χ4n) is 7.21. The van der Waals surface area contributed by atoms with Gasteiger partial charge in [-0.05, 0) is 106 Å². The molecule has 0 aliphatic heterocycles. The number of aromatic hydroxyl groups is 2. The Bertz CT molecular complexity index is 1910. The molecule has 2 N–H and O–H groups in total. The van der Waals surface area contributed by atoms with E-state index >= 15 is 0 Å². The van der Waals surface area contributed by atoms with Crippen molar-refractivity contribution in [2.24, 2.45) is 0 Å². The number of phenols is 2. The van der Waals surface area contributed by atoms with Gasteiger partial charge in [0.1, 0.15) is 36.2 Å². The first-order chi connectivity index (χ1) is 28.6. The minimum Gasteiger partial charge on any atom is -0.507 e. The molecule has 0 amide bonds. The molecule has 4 rings (SSSR count). The van der Waals surface area contributed by atoms with E-state index in [-0.39, 0.29) is 67.5 Å². The highest BCUT2D eigenvalue weighted by Gasteiger charge is 2.25. The van der Waals surface area contributed by atoms with Crippen LogP contribution in [0, 0.1) is 13.8 Å². The Morgan fingerprint density at radius 3 is 1.20 bits per heavy atom. The third kappa shape index (κ3) is 14.0. The lowest BCUT2D eigenvalue weighted by atomic mass is 9.78. The van der Waals surface area contributed by atoms with Gasteiger partial charge in [0.25, 0.3) is 0 Å². The highest BCUT2D eigenvalue weighted by molar-refractivity contribution is 5.70. The molecule has 4 aromatic carbocycles. The van der Waals surface area contributed by atoms with Gasteiger partial charge in [0.15, 0.2) is 12.2 Å². The maximum Gasteiger partial charge on any atom is 0.306 e. The van der Waals surface area contributed by atoms with Crippen LogP contribution < -0.4 is 9.47 Å². The molecule has 0 bridgehead atoms. The molecule has 10 heteroatoms. The summed E-state index contributed by atoms with van der Waals surface area (Å²) in [5, 5.41) is 21.1. The summed E-state index contributed by atoms with van der Waals surface area (Å²) in [5.74, 6) is 1.19. The second-order valence-corrected chi connectivity index (χ2v) is 18.5. The first-order valence-corrected chi connectivity index (χ1v) is 21.1. The van der Waals surface area contributed by atoms with Gasteiger partial charge in [-0.3, -0.25) is 9.59 Å². The quantitative estimate of drug-likeness (QED) is 0.0830. The zero-order valence-electron chi connectivity index (χ0n) is 38.4. The van der Waals surface area contributed by atoms with Crippen LogP contribution in [0.4, 0.5) is 0 Å². The number of rotatable bonds is 20. The third-order valence-corrected chi connectivity index (χ3v) is 10.9. The number of hydrogen-bond donors (Lipinski definition) is 2. The van der Waals surface area contributed by atoms with Crippen LogP contribution in [0.15, 0.2) is 72.8 Å². The summed E-state index contributed by atoms with van der Waals surface area (Å²) in [6, 6.07) is 23.5. The van der Waals surface area contributed by atoms with Crippen LogP contribution in [0.5, 0.6) is 23.0 Å². The van der Waals surface area contributed by atoms with Gasteiger partial charge >= 0.3 is 11.9 Å². The Morgan fingerprint density at radius 2 is 0.885 bits per heavy atom. The van der Waals surface area contributed by atoms with Crippen molar-refractivity contribution in [2.45, 2.75) is 123 Å². The molecule has 0 heterocycles. The number of hydrogen-bond acceptors (Lipinski definition) is 10. The van der Waals surface area contributed by atoms with Gasteiger partial charge in [-0.25, -0.2) is 0 Å². The second-order valence-electron chi connectivity index (χ2n) is 18.5. The summed E-state index contributed by atoms with van der Waals surface area (Å²) in [7, 11) is 3.12. The van der Waals surface area contributed by atoms with E-state index in [1.165, 1.54) is 0 Å². The smallest absolute Gasteiger partial charge is 0.306 e. The monoisotopic (exact) mass is 840 g/mol. The molecule has 10 nitrogen and oxygen atoms in total. The average molecular weight is 841 g/mol. The van der Waals surface area contributed by atoms with E-state index in [0.717, 1.165) is 44.5 Å². The lowest BCUT2D eigenvalue weighted by Crippen LogP contribution is -2.29. The van der Waals surface area contributed by atoms with Crippen molar-refractivity contribution in [1.29, 1.82) is 0 Å². The van der Waals surface area contributed by atoms with Crippen LogP contribution in [0.1, 0.15) is 113 Å². The Kier molecular flexibility index (Phi) is 16.9. The highest BCUT2D eigenvalue weighted by atomic mass is 16.6. The van der Waals surface area contributed by atoms with Gasteiger partial charge in [0.2, 0.25) is 0 Å².